The molecule has 11 aromatic rings. The van der Waals surface area contributed by atoms with Gasteiger partial charge in [0.05, 0.1) is 0 Å². The van der Waals surface area contributed by atoms with Gasteiger partial charge in [-0.3, -0.25) is 0 Å². The summed E-state index contributed by atoms with van der Waals surface area (Å²) in [6, 6.07) is 71.4. The van der Waals surface area contributed by atoms with Crippen molar-refractivity contribution in [3.8, 4) is 56.4 Å². The Morgan fingerprint density at radius 1 is 0.214 bits per heavy atom. The zero-order chi connectivity index (χ0) is 37.0. The van der Waals surface area contributed by atoms with Crippen LogP contribution in [0.15, 0.2) is 200 Å². The molecule has 0 saturated heterocycles. The summed E-state index contributed by atoms with van der Waals surface area (Å²) in [6.07, 6.45) is 0. The summed E-state index contributed by atoms with van der Waals surface area (Å²) in [4.78, 5) is 15.7. The van der Waals surface area contributed by atoms with Gasteiger partial charge in [-0.15, -0.1) is 0 Å². The molecular weight excluding hydrogens is 679 g/mol. The summed E-state index contributed by atoms with van der Waals surface area (Å²) in [6.45, 7) is 0. The highest BCUT2D eigenvalue weighted by atomic mass is 15.0. The van der Waals surface area contributed by atoms with Crippen LogP contribution in [0.2, 0.25) is 0 Å². The van der Waals surface area contributed by atoms with Crippen LogP contribution in [-0.2, 0) is 0 Å². The van der Waals surface area contributed by atoms with E-state index in [1.807, 2.05) is 0 Å². The number of hydrogen-bond acceptors (Lipinski definition) is 3. The molecule has 0 bridgehead atoms. The standard InChI is InChI=1S/C53H33N3/c1-2-9-34(10-3-1)40-24-25-43-31-45(28-26-41(43)30-40)51-54-52(46-27-21-38-19-18-36-12-6-7-15-47(36)49(38)33-46)56-53(55-51)48-16-8-14-37-20-23-44(32-50(37)48)42-22-17-35-11-4-5-13-39(35)29-42/h1-33H. The molecule has 10 aromatic carbocycles. The lowest BCUT2D eigenvalue weighted by Crippen LogP contribution is -2.01. The number of fused-ring (bicyclic) bond motifs is 6. The van der Waals surface area contributed by atoms with E-state index in [2.05, 4.69) is 200 Å². The first-order chi connectivity index (χ1) is 27.7. The van der Waals surface area contributed by atoms with Gasteiger partial charge < -0.3 is 0 Å². The summed E-state index contributed by atoms with van der Waals surface area (Å²) in [5.41, 5.74) is 7.57. The summed E-state index contributed by atoms with van der Waals surface area (Å²) in [5, 5.41) is 11.8. The van der Waals surface area contributed by atoms with E-state index in [1.165, 1.54) is 54.4 Å². The molecule has 56 heavy (non-hydrogen) atoms. The van der Waals surface area contributed by atoms with Crippen molar-refractivity contribution < 1.29 is 0 Å². The van der Waals surface area contributed by atoms with Gasteiger partial charge in [0.2, 0.25) is 0 Å². The third-order valence-electron chi connectivity index (χ3n) is 11.1. The zero-order valence-electron chi connectivity index (χ0n) is 30.4. The van der Waals surface area contributed by atoms with Gasteiger partial charge in [-0.25, -0.2) is 15.0 Å². The Balaban J connectivity index is 1.10. The van der Waals surface area contributed by atoms with Gasteiger partial charge >= 0.3 is 0 Å². The smallest absolute Gasteiger partial charge is 0.164 e. The molecule has 0 fully saturated rings. The van der Waals surface area contributed by atoms with E-state index in [0.29, 0.717) is 17.5 Å². The first-order valence-corrected chi connectivity index (χ1v) is 19.0. The van der Waals surface area contributed by atoms with Crippen molar-refractivity contribution in [2.45, 2.75) is 0 Å². The minimum atomic E-state index is 0.639. The van der Waals surface area contributed by atoms with Gasteiger partial charge in [0, 0.05) is 16.7 Å². The summed E-state index contributed by atoms with van der Waals surface area (Å²) >= 11 is 0. The van der Waals surface area contributed by atoms with Crippen molar-refractivity contribution in [3.63, 3.8) is 0 Å². The molecule has 0 aliphatic rings. The maximum Gasteiger partial charge on any atom is 0.164 e. The Bertz CT molecular complexity index is 3310. The molecule has 3 nitrogen and oxygen atoms in total. The van der Waals surface area contributed by atoms with E-state index in [1.54, 1.807) is 0 Å². The monoisotopic (exact) mass is 711 g/mol. The van der Waals surface area contributed by atoms with Crippen molar-refractivity contribution in [3.05, 3.63) is 200 Å². The Labute approximate surface area is 324 Å². The van der Waals surface area contributed by atoms with Gasteiger partial charge in [0.15, 0.2) is 17.5 Å². The number of nitrogens with zero attached hydrogens (tertiary/aromatic N) is 3. The molecule has 0 aliphatic carbocycles. The molecule has 0 aliphatic heterocycles. The van der Waals surface area contributed by atoms with Gasteiger partial charge in [0.25, 0.3) is 0 Å². The maximum atomic E-state index is 5.27. The topological polar surface area (TPSA) is 38.7 Å². The van der Waals surface area contributed by atoms with Crippen molar-refractivity contribution in [1.82, 2.24) is 15.0 Å². The number of aromatic nitrogens is 3. The van der Waals surface area contributed by atoms with E-state index in [0.717, 1.165) is 38.4 Å². The number of rotatable bonds is 5. The molecule has 0 N–H and O–H groups in total. The Hall–Kier alpha value is -7.49. The van der Waals surface area contributed by atoms with Crippen molar-refractivity contribution in [2.75, 3.05) is 0 Å². The fourth-order valence-corrected chi connectivity index (χ4v) is 8.11. The Morgan fingerprint density at radius 3 is 1.39 bits per heavy atom. The van der Waals surface area contributed by atoms with Crippen molar-refractivity contribution in [1.29, 1.82) is 0 Å². The number of hydrogen-bond donors (Lipinski definition) is 0. The zero-order valence-corrected chi connectivity index (χ0v) is 30.4. The molecule has 0 atom stereocenters. The SMILES string of the molecule is c1ccc(-c2ccc3cc(-c4nc(-c5ccc6ccc7ccccc7c6c5)nc(-c5cccc6ccc(-c7ccc8ccccc8c7)cc56)n4)ccc3c2)cc1. The van der Waals surface area contributed by atoms with Crippen molar-refractivity contribution in [2.24, 2.45) is 0 Å². The summed E-state index contributed by atoms with van der Waals surface area (Å²) < 4.78 is 0. The molecule has 0 radical (unpaired) electrons. The predicted octanol–water partition coefficient (Wildman–Crippen LogP) is 14.0. The summed E-state index contributed by atoms with van der Waals surface area (Å²) in [5.74, 6) is 1.92. The highest BCUT2D eigenvalue weighted by Gasteiger charge is 2.16. The van der Waals surface area contributed by atoms with Crippen LogP contribution in [0, 0.1) is 0 Å². The fourth-order valence-electron chi connectivity index (χ4n) is 8.11. The van der Waals surface area contributed by atoms with E-state index < -0.39 is 0 Å². The minimum absolute atomic E-state index is 0.639. The second-order valence-electron chi connectivity index (χ2n) is 14.5. The highest BCUT2D eigenvalue weighted by Crippen LogP contribution is 2.36. The third kappa shape index (κ3) is 5.66. The average Bonchev–Trinajstić information content (AvgIpc) is 3.28. The van der Waals surface area contributed by atoms with Crippen LogP contribution in [0.4, 0.5) is 0 Å². The lowest BCUT2D eigenvalue weighted by atomic mass is 9.96. The molecule has 0 saturated carbocycles. The maximum absolute atomic E-state index is 5.27. The third-order valence-corrected chi connectivity index (χ3v) is 11.1. The predicted molar refractivity (Wildman–Crippen MR) is 235 cm³/mol. The largest absolute Gasteiger partial charge is 0.208 e. The Kier molecular flexibility index (Phi) is 7.49. The first kappa shape index (κ1) is 32.0. The number of benzene rings is 10. The molecule has 1 heterocycles. The van der Waals surface area contributed by atoms with Gasteiger partial charge in [-0.1, -0.05) is 170 Å². The van der Waals surface area contributed by atoms with Gasteiger partial charge in [0.1, 0.15) is 0 Å². The lowest BCUT2D eigenvalue weighted by molar-refractivity contribution is 1.08. The second kappa shape index (κ2) is 13.1. The van der Waals surface area contributed by atoms with Crippen LogP contribution >= 0.6 is 0 Å². The first-order valence-electron chi connectivity index (χ1n) is 19.0. The van der Waals surface area contributed by atoms with Gasteiger partial charge in [-0.05, 0) is 106 Å². The van der Waals surface area contributed by atoms with E-state index in [4.69, 9.17) is 15.0 Å². The fraction of sp³-hybridized carbons (Fsp3) is 0. The van der Waals surface area contributed by atoms with Crippen LogP contribution in [0.25, 0.3) is 110 Å². The molecule has 260 valence electrons. The molecular formula is C53H33N3. The highest BCUT2D eigenvalue weighted by molar-refractivity contribution is 6.08. The summed E-state index contributed by atoms with van der Waals surface area (Å²) in [7, 11) is 0. The second-order valence-corrected chi connectivity index (χ2v) is 14.5. The van der Waals surface area contributed by atoms with E-state index in [-0.39, 0.29) is 0 Å². The van der Waals surface area contributed by atoms with E-state index in [9.17, 15) is 0 Å². The van der Waals surface area contributed by atoms with Crippen LogP contribution in [0.5, 0.6) is 0 Å². The van der Waals surface area contributed by atoms with Crippen molar-refractivity contribution >= 4 is 53.9 Å². The Morgan fingerprint density at radius 2 is 0.643 bits per heavy atom. The minimum Gasteiger partial charge on any atom is -0.208 e. The van der Waals surface area contributed by atoms with Gasteiger partial charge in [-0.2, -0.15) is 0 Å². The van der Waals surface area contributed by atoms with Crippen LogP contribution in [0.1, 0.15) is 0 Å². The molecule has 0 unspecified atom stereocenters. The van der Waals surface area contributed by atoms with Crippen LogP contribution < -0.4 is 0 Å². The van der Waals surface area contributed by atoms with Crippen LogP contribution in [0.3, 0.4) is 0 Å². The lowest BCUT2D eigenvalue weighted by Gasteiger charge is -2.13. The molecule has 11 rings (SSSR count). The molecule has 1 aromatic heterocycles. The quantitative estimate of drug-likeness (QED) is 0.167. The molecule has 3 heteroatoms. The average molecular weight is 712 g/mol. The van der Waals surface area contributed by atoms with E-state index >= 15 is 0 Å². The normalized spacial score (nSPS) is 11.6. The van der Waals surface area contributed by atoms with Crippen LogP contribution in [-0.4, -0.2) is 15.0 Å². The molecule has 0 spiro atoms. The molecule has 0 amide bonds.